The average Bonchev–Trinajstić information content (AvgIpc) is 2.38. The highest BCUT2D eigenvalue weighted by Gasteiger charge is 2.20. The summed E-state index contributed by atoms with van der Waals surface area (Å²) in [6, 6.07) is 8.05. The van der Waals surface area contributed by atoms with Crippen LogP contribution >= 0.6 is 15.9 Å². The third kappa shape index (κ3) is 4.52. The number of nitrogens with zero attached hydrogens (tertiary/aromatic N) is 2. The van der Waals surface area contributed by atoms with Gasteiger partial charge in [-0.3, -0.25) is 0 Å². The number of rotatable bonds is 6. The molecule has 1 aromatic carbocycles. The van der Waals surface area contributed by atoms with E-state index in [1.165, 1.54) is 0 Å². The van der Waals surface area contributed by atoms with E-state index in [9.17, 15) is 0 Å². The minimum Gasteiger partial charge on any atom is -0.371 e. The molecule has 2 N–H and O–H groups in total. The minimum atomic E-state index is 0.0789. The lowest BCUT2D eigenvalue weighted by Crippen LogP contribution is -2.39. The zero-order chi connectivity index (χ0) is 14.5. The molecule has 0 aromatic heterocycles. The topological polar surface area (TPSA) is 53.0 Å². The lowest BCUT2D eigenvalue weighted by atomic mass is 9.92. The molecule has 0 unspecified atom stereocenters. The molecule has 19 heavy (non-hydrogen) atoms. The molecule has 0 bridgehead atoms. The van der Waals surface area contributed by atoms with Crippen molar-refractivity contribution in [1.29, 1.82) is 5.26 Å². The van der Waals surface area contributed by atoms with Crippen LogP contribution in [0.15, 0.2) is 22.7 Å². The van der Waals surface area contributed by atoms with Gasteiger partial charge in [-0.05, 0) is 52.5 Å². The van der Waals surface area contributed by atoms with Crippen LogP contribution in [-0.2, 0) is 0 Å². The van der Waals surface area contributed by atoms with Crippen LogP contribution in [0.4, 0.5) is 5.69 Å². The van der Waals surface area contributed by atoms with Crippen LogP contribution in [0.25, 0.3) is 0 Å². The first kappa shape index (κ1) is 16.0. The van der Waals surface area contributed by atoms with Crippen molar-refractivity contribution in [1.82, 2.24) is 0 Å². The molecular formula is C15H22BrN3. The molecule has 0 radical (unpaired) electrons. The van der Waals surface area contributed by atoms with Gasteiger partial charge < -0.3 is 10.6 Å². The summed E-state index contributed by atoms with van der Waals surface area (Å²) in [7, 11) is 0. The Hall–Kier alpha value is -1.05. The molecule has 4 heteroatoms. The molecule has 104 valence electrons. The lowest BCUT2D eigenvalue weighted by Gasteiger charge is -2.33. The van der Waals surface area contributed by atoms with Crippen LogP contribution in [0.2, 0.25) is 0 Å². The highest BCUT2D eigenvalue weighted by Crippen LogP contribution is 2.26. The molecule has 0 aliphatic rings. The fourth-order valence-corrected chi connectivity index (χ4v) is 2.40. The van der Waals surface area contributed by atoms with Gasteiger partial charge in [-0.25, -0.2) is 0 Å². The molecule has 3 nitrogen and oxygen atoms in total. The highest BCUT2D eigenvalue weighted by atomic mass is 79.9. The van der Waals surface area contributed by atoms with Gasteiger partial charge in [-0.2, -0.15) is 5.26 Å². The van der Waals surface area contributed by atoms with Crippen molar-refractivity contribution in [2.24, 2.45) is 11.1 Å². The van der Waals surface area contributed by atoms with Crippen molar-refractivity contribution >= 4 is 21.6 Å². The van der Waals surface area contributed by atoms with E-state index in [1.54, 1.807) is 0 Å². The third-order valence-electron chi connectivity index (χ3n) is 3.10. The van der Waals surface area contributed by atoms with Gasteiger partial charge in [0, 0.05) is 23.2 Å². The standard InChI is InChI=1S/C15H22BrN3/c1-4-7-19(11-15(2,3)10-18)13-6-5-12(9-17)14(16)8-13/h5-6,8H,4,7,10-11,18H2,1-3H3. The number of nitrogens with two attached hydrogens (primary N) is 1. The summed E-state index contributed by atoms with van der Waals surface area (Å²) in [5.41, 5.74) is 7.70. The Kier molecular flexibility index (Phi) is 5.84. The van der Waals surface area contributed by atoms with Gasteiger partial charge in [-0.15, -0.1) is 0 Å². The largest absolute Gasteiger partial charge is 0.371 e. The molecule has 0 aliphatic heterocycles. The molecule has 0 amide bonds. The molecular weight excluding hydrogens is 302 g/mol. The van der Waals surface area contributed by atoms with Crippen LogP contribution < -0.4 is 10.6 Å². The predicted molar refractivity (Wildman–Crippen MR) is 84.2 cm³/mol. The molecule has 0 atom stereocenters. The normalized spacial score (nSPS) is 11.2. The number of halogens is 1. The van der Waals surface area contributed by atoms with Gasteiger partial charge in [0.15, 0.2) is 0 Å². The smallest absolute Gasteiger partial charge is 0.100 e. The van der Waals surface area contributed by atoms with Crippen molar-refractivity contribution in [3.8, 4) is 6.07 Å². The fourth-order valence-electron chi connectivity index (χ4n) is 1.94. The molecule has 0 saturated heterocycles. The van der Waals surface area contributed by atoms with Gasteiger partial charge in [-0.1, -0.05) is 20.8 Å². The molecule has 0 aliphatic carbocycles. The number of hydrogen-bond acceptors (Lipinski definition) is 3. The monoisotopic (exact) mass is 323 g/mol. The van der Waals surface area contributed by atoms with E-state index in [4.69, 9.17) is 11.0 Å². The van der Waals surface area contributed by atoms with Crippen LogP contribution in [0.3, 0.4) is 0 Å². The summed E-state index contributed by atoms with van der Waals surface area (Å²) in [5, 5.41) is 8.97. The Bertz CT molecular complexity index is 463. The van der Waals surface area contributed by atoms with E-state index in [0.717, 1.165) is 29.7 Å². The Balaban J connectivity index is 3.00. The highest BCUT2D eigenvalue weighted by molar-refractivity contribution is 9.10. The van der Waals surface area contributed by atoms with E-state index in [2.05, 4.69) is 47.7 Å². The van der Waals surface area contributed by atoms with Crippen molar-refractivity contribution in [3.05, 3.63) is 28.2 Å². The van der Waals surface area contributed by atoms with Crippen LogP contribution in [0.5, 0.6) is 0 Å². The van der Waals surface area contributed by atoms with Gasteiger partial charge in [0.2, 0.25) is 0 Å². The number of hydrogen-bond donors (Lipinski definition) is 1. The van der Waals surface area contributed by atoms with Crippen LogP contribution in [-0.4, -0.2) is 19.6 Å². The first-order chi connectivity index (χ1) is 8.93. The maximum absolute atomic E-state index is 8.97. The number of anilines is 1. The summed E-state index contributed by atoms with van der Waals surface area (Å²) >= 11 is 3.45. The van der Waals surface area contributed by atoms with Crippen molar-refractivity contribution in [2.75, 3.05) is 24.5 Å². The zero-order valence-corrected chi connectivity index (χ0v) is 13.5. The van der Waals surface area contributed by atoms with Gasteiger partial charge in [0.1, 0.15) is 6.07 Å². The van der Waals surface area contributed by atoms with Crippen molar-refractivity contribution in [2.45, 2.75) is 27.2 Å². The summed E-state index contributed by atoms with van der Waals surface area (Å²) in [6.45, 7) is 9.08. The van der Waals surface area contributed by atoms with E-state index in [-0.39, 0.29) is 5.41 Å². The summed E-state index contributed by atoms with van der Waals surface area (Å²) < 4.78 is 0.846. The van der Waals surface area contributed by atoms with Crippen molar-refractivity contribution < 1.29 is 0 Å². The third-order valence-corrected chi connectivity index (χ3v) is 3.76. The van der Waals surface area contributed by atoms with Crippen molar-refractivity contribution in [3.63, 3.8) is 0 Å². The Labute approximate surface area is 124 Å². The van der Waals surface area contributed by atoms with Crippen LogP contribution in [0.1, 0.15) is 32.8 Å². The second-order valence-corrected chi connectivity index (χ2v) is 6.42. The fraction of sp³-hybridized carbons (Fsp3) is 0.533. The summed E-state index contributed by atoms with van der Waals surface area (Å²) in [4.78, 5) is 2.33. The van der Waals surface area contributed by atoms with E-state index in [1.807, 2.05) is 18.2 Å². The SMILES string of the molecule is CCCN(CC(C)(C)CN)c1ccc(C#N)c(Br)c1. The second-order valence-electron chi connectivity index (χ2n) is 5.57. The number of benzene rings is 1. The van der Waals surface area contributed by atoms with Gasteiger partial charge in [0.25, 0.3) is 0 Å². The van der Waals surface area contributed by atoms with E-state index < -0.39 is 0 Å². The maximum atomic E-state index is 8.97. The molecule has 0 saturated carbocycles. The Morgan fingerprint density at radius 2 is 2.11 bits per heavy atom. The number of nitriles is 1. The van der Waals surface area contributed by atoms with E-state index >= 15 is 0 Å². The summed E-state index contributed by atoms with van der Waals surface area (Å²) in [5.74, 6) is 0. The molecule has 1 aromatic rings. The van der Waals surface area contributed by atoms with Gasteiger partial charge >= 0.3 is 0 Å². The first-order valence-electron chi connectivity index (χ1n) is 6.58. The zero-order valence-electron chi connectivity index (χ0n) is 11.9. The maximum Gasteiger partial charge on any atom is 0.100 e. The molecule has 0 heterocycles. The van der Waals surface area contributed by atoms with E-state index in [0.29, 0.717) is 12.1 Å². The first-order valence-corrected chi connectivity index (χ1v) is 7.37. The predicted octanol–water partition coefficient (Wildman–Crippen LogP) is 3.52. The molecule has 0 spiro atoms. The van der Waals surface area contributed by atoms with Crippen LogP contribution in [0, 0.1) is 16.7 Å². The average molecular weight is 324 g/mol. The quantitative estimate of drug-likeness (QED) is 0.871. The molecule has 1 rings (SSSR count). The minimum absolute atomic E-state index is 0.0789. The Morgan fingerprint density at radius 3 is 2.58 bits per heavy atom. The molecule has 0 fully saturated rings. The second kappa shape index (κ2) is 6.93. The lowest BCUT2D eigenvalue weighted by molar-refractivity contribution is 0.377. The Morgan fingerprint density at radius 1 is 1.42 bits per heavy atom. The summed E-state index contributed by atoms with van der Waals surface area (Å²) in [6.07, 6.45) is 1.08. The van der Waals surface area contributed by atoms with Gasteiger partial charge in [0.05, 0.1) is 5.56 Å².